The molecular formula is C13H23NOSi. The van der Waals surface area contributed by atoms with Crippen LogP contribution >= 0.6 is 0 Å². The van der Waals surface area contributed by atoms with E-state index in [1.165, 1.54) is 11.1 Å². The summed E-state index contributed by atoms with van der Waals surface area (Å²) in [6, 6.07) is 6.45. The van der Waals surface area contributed by atoms with Crippen molar-refractivity contribution in [3.05, 3.63) is 29.3 Å². The van der Waals surface area contributed by atoms with Gasteiger partial charge in [0.25, 0.3) is 0 Å². The summed E-state index contributed by atoms with van der Waals surface area (Å²) in [5.74, 6) is 1.06. The fourth-order valence-corrected chi connectivity index (χ4v) is 2.44. The average molecular weight is 237 g/mol. The number of benzene rings is 1. The SMILES string of the molecule is Cc1ccc(CCCN)c(O[Si](C)(C)C)c1. The predicted octanol–water partition coefficient (Wildman–Crippen LogP) is 3.10. The maximum Gasteiger partial charge on any atom is 0.242 e. The number of hydrogen-bond acceptors (Lipinski definition) is 2. The van der Waals surface area contributed by atoms with Crippen molar-refractivity contribution in [2.45, 2.75) is 39.4 Å². The quantitative estimate of drug-likeness (QED) is 0.799. The molecule has 0 bridgehead atoms. The van der Waals surface area contributed by atoms with Crippen LogP contribution in [-0.4, -0.2) is 14.9 Å². The standard InChI is InChI=1S/C13H23NOSi/c1-11-7-8-12(6-5-9-14)13(10-11)15-16(2,3)4/h7-8,10H,5-6,9,14H2,1-4H3. The molecule has 0 radical (unpaired) electrons. The lowest BCUT2D eigenvalue weighted by atomic mass is 10.1. The highest BCUT2D eigenvalue weighted by atomic mass is 28.4. The molecule has 0 fully saturated rings. The van der Waals surface area contributed by atoms with Gasteiger partial charge in [-0.15, -0.1) is 0 Å². The zero-order valence-electron chi connectivity index (χ0n) is 10.8. The van der Waals surface area contributed by atoms with E-state index < -0.39 is 8.32 Å². The van der Waals surface area contributed by atoms with Crippen molar-refractivity contribution in [2.75, 3.05) is 6.54 Å². The largest absolute Gasteiger partial charge is 0.544 e. The Morgan fingerprint density at radius 2 is 1.94 bits per heavy atom. The van der Waals surface area contributed by atoms with Crippen molar-refractivity contribution in [2.24, 2.45) is 5.73 Å². The van der Waals surface area contributed by atoms with Crippen molar-refractivity contribution >= 4 is 8.32 Å². The molecule has 3 heteroatoms. The van der Waals surface area contributed by atoms with Crippen LogP contribution in [0, 0.1) is 6.92 Å². The molecule has 16 heavy (non-hydrogen) atoms. The topological polar surface area (TPSA) is 35.2 Å². The van der Waals surface area contributed by atoms with Gasteiger partial charge in [-0.05, 0) is 63.1 Å². The van der Waals surface area contributed by atoms with Crippen LogP contribution in [0.25, 0.3) is 0 Å². The smallest absolute Gasteiger partial charge is 0.242 e. The van der Waals surface area contributed by atoms with Gasteiger partial charge in [0.05, 0.1) is 0 Å². The van der Waals surface area contributed by atoms with E-state index in [0.29, 0.717) is 0 Å². The van der Waals surface area contributed by atoms with Crippen LogP contribution in [-0.2, 0) is 6.42 Å². The Morgan fingerprint density at radius 3 is 2.50 bits per heavy atom. The second kappa shape index (κ2) is 5.50. The Bertz CT molecular complexity index is 344. The molecule has 0 aliphatic heterocycles. The first-order valence-corrected chi connectivity index (χ1v) is 9.32. The van der Waals surface area contributed by atoms with E-state index >= 15 is 0 Å². The minimum absolute atomic E-state index is 0.736. The number of rotatable bonds is 5. The summed E-state index contributed by atoms with van der Waals surface area (Å²) >= 11 is 0. The van der Waals surface area contributed by atoms with Gasteiger partial charge in [-0.3, -0.25) is 0 Å². The van der Waals surface area contributed by atoms with Gasteiger partial charge < -0.3 is 10.2 Å². The van der Waals surface area contributed by atoms with Crippen molar-refractivity contribution in [3.8, 4) is 5.75 Å². The van der Waals surface area contributed by atoms with E-state index in [1.807, 2.05) is 0 Å². The van der Waals surface area contributed by atoms with Gasteiger partial charge in [-0.1, -0.05) is 12.1 Å². The molecule has 0 aliphatic carbocycles. The highest BCUT2D eigenvalue weighted by molar-refractivity contribution is 6.70. The Hall–Kier alpha value is -0.803. The third kappa shape index (κ3) is 4.37. The molecule has 90 valence electrons. The summed E-state index contributed by atoms with van der Waals surface area (Å²) in [5, 5.41) is 0. The Morgan fingerprint density at radius 1 is 1.25 bits per heavy atom. The summed E-state index contributed by atoms with van der Waals surface area (Å²) < 4.78 is 6.11. The van der Waals surface area contributed by atoms with Crippen LogP contribution in [0.5, 0.6) is 5.75 Å². The first kappa shape index (κ1) is 13.3. The summed E-state index contributed by atoms with van der Waals surface area (Å²) in [5.41, 5.74) is 8.10. The first-order valence-electron chi connectivity index (χ1n) is 5.91. The molecule has 0 aliphatic rings. The summed E-state index contributed by atoms with van der Waals surface area (Å²) in [4.78, 5) is 0. The lowest BCUT2D eigenvalue weighted by Gasteiger charge is -2.22. The third-order valence-corrected chi connectivity index (χ3v) is 3.12. The fraction of sp³-hybridized carbons (Fsp3) is 0.538. The van der Waals surface area contributed by atoms with E-state index in [4.69, 9.17) is 10.2 Å². The van der Waals surface area contributed by atoms with E-state index in [9.17, 15) is 0 Å². The zero-order valence-corrected chi connectivity index (χ0v) is 11.8. The number of nitrogens with two attached hydrogens (primary N) is 1. The van der Waals surface area contributed by atoms with Crippen LogP contribution in [0.15, 0.2) is 18.2 Å². The normalized spacial score (nSPS) is 11.6. The molecule has 0 atom stereocenters. The molecule has 1 aromatic carbocycles. The van der Waals surface area contributed by atoms with Crippen molar-refractivity contribution < 1.29 is 4.43 Å². The number of hydrogen-bond donors (Lipinski definition) is 1. The lowest BCUT2D eigenvalue weighted by molar-refractivity contribution is 0.547. The van der Waals surface area contributed by atoms with Gasteiger partial charge >= 0.3 is 0 Å². The Kier molecular flexibility index (Phi) is 4.56. The summed E-state index contributed by atoms with van der Waals surface area (Å²) in [7, 11) is -1.52. The maximum absolute atomic E-state index is 6.11. The van der Waals surface area contributed by atoms with Crippen LogP contribution in [0.2, 0.25) is 19.6 Å². The molecule has 0 aromatic heterocycles. The molecule has 0 heterocycles. The minimum Gasteiger partial charge on any atom is -0.544 e. The van der Waals surface area contributed by atoms with E-state index in [0.717, 1.165) is 25.1 Å². The van der Waals surface area contributed by atoms with Gasteiger partial charge in [0, 0.05) is 0 Å². The fourth-order valence-electron chi connectivity index (χ4n) is 1.59. The second-order valence-corrected chi connectivity index (χ2v) is 9.65. The van der Waals surface area contributed by atoms with Gasteiger partial charge in [0.1, 0.15) is 5.75 Å². The van der Waals surface area contributed by atoms with Crippen molar-refractivity contribution in [1.29, 1.82) is 0 Å². The van der Waals surface area contributed by atoms with Gasteiger partial charge in [-0.2, -0.15) is 0 Å². The summed E-state index contributed by atoms with van der Waals surface area (Å²) in [6.07, 6.45) is 2.03. The molecule has 0 saturated heterocycles. The third-order valence-electron chi connectivity index (χ3n) is 2.29. The Balaban J connectivity index is 2.89. The molecule has 0 spiro atoms. The maximum atomic E-state index is 6.11. The predicted molar refractivity (Wildman–Crippen MR) is 72.5 cm³/mol. The molecule has 2 nitrogen and oxygen atoms in total. The molecular weight excluding hydrogens is 214 g/mol. The monoisotopic (exact) mass is 237 g/mol. The van der Waals surface area contributed by atoms with E-state index in [1.54, 1.807) is 0 Å². The first-order chi connectivity index (χ1) is 7.42. The van der Waals surface area contributed by atoms with E-state index in [-0.39, 0.29) is 0 Å². The Labute approximate surface area is 99.9 Å². The van der Waals surface area contributed by atoms with Gasteiger partial charge in [-0.25, -0.2) is 0 Å². The van der Waals surface area contributed by atoms with Crippen molar-refractivity contribution in [1.82, 2.24) is 0 Å². The lowest BCUT2D eigenvalue weighted by Crippen LogP contribution is -2.29. The highest BCUT2D eigenvalue weighted by Gasteiger charge is 2.18. The molecule has 2 N–H and O–H groups in total. The van der Waals surface area contributed by atoms with Gasteiger partial charge in [0.15, 0.2) is 0 Å². The van der Waals surface area contributed by atoms with Crippen LogP contribution in [0.3, 0.4) is 0 Å². The molecule has 0 unspecified atom stereocenters. The molecule has 1 aromatic rings. The second-order valence-electron chi connectivity index (χ2n) is 5.22. The molecule has 0 saturated carbocycles. The zero-order chi connectivity index (χ0) is 12.2. The molecule has 1 rings (SSSR count). The highest BCUT2D eigenvalue weighted by Crippen LogP contribution is 2.24. The van der Waals surface area contributed by atoms with E-state index in [2.05, 4.69) is 44.8 Å². The number of aryl methyl sites for hydroxylation is 2. The van der Waals surface area contributed by atoms with Gasteiger partial charge in [0.2, 0.25) is 8.32 Å². The van der Waals surface area contributed by atoms with Crippen LogP contribution in [0.1, 0.15) is 17.5 Å². The van der Waals surface area contributed by atoms with Crippen molar-refractivity contribution in [3.63, 3.8) is 0 Å². The van der Waals surface area contributed by atoms with Crippen LogP contribution < -0.4 is 10.2 Å². The van der Waals surface area contributed by atoms with Crippen LogP contribution in [0.4, 0.5) is 0 Å². The average Bonchev–Trinajstić information content (AvgIpc) is 2.14. The molecule has 0 amide bonds. The minimum atomic E-state index is -1.52. The summed E-state index contributed by atoms with van der Waals surface area (Å²) in [6.45, 7) is 9.47.